The number of amides is 1. The van der Waals surface area contributed by atoms with Gasteiger partial charge < -0.3 is 16.4 Å². The first-order chi connectivity index (χ1) is 8.99. The van der Waals surface area contributed by atoms with Crippen molar-refractivity contribution in [3.05, 3.63) is 40.1 Å². The molecule has 0 atom stereocenters. The maximum absolute atomic E-state index is 13.9. The number of aromatic nitrogens is 1. The number of hydrogen-bond donors (Lipinski definition) is 2. The monoisotopic (exact) mass is 280 g/mol. The van der Waals surface area contributed by atoms with E-state index in [0.717, 1.165) is 11.8 Å². The Morgan fingerprint density at radius 2 is 2.26 bits per heavy atom. The third-order valence-corrected chi connectivity index (χ3v) is 3.31. The quantitative estimate of drug-likeness (QED) is 0.833. The van der Waals surface area contributed by atoms with E-state index >= 15 is 0 Å². The van der Waals surface area contributed by atoms with Crippen LogP contribution in [0.5, 0.6) is 0 Å². The maximum atomic E-state index is 13.9. The third kappa shape index (κ3) is 2.82. The van der Waals surface area contributed by atoms with E-state index in [-0.39, 0.29) is 16.9 Å². The standard InChI is InChI=1S/C12H13FN4OS/c1-17(4-7-5-19-6-16-7)11-2-8(12(15)18)10(14)3-9(11)13/h2-3,5-6H,4,14H2,1H3,(H2,15,18). The summed E-state index contributed by atoms with van der Waals surface area (Å²) in [5.41, 5.74) is 13.7. The summed E-state index contributed by atoms with van der Waals surface area (Å²) in [7, 11) is 1.71. The Balaban J connectivity index is 2.33. The van der Waals surface area contributed by atoms with Crippen LogP contribution in [0.15, 0.2) is 23.0 Å². The van der Waals surface area contributed by atoms with E-state index in [0.29, 0.717) is 6.54 Å². The summed E-state index contributed by atoms with van der Waals surface area (Å²) < 4.78 is 13.9. The van der Waals surface area contributed by atoms with Crippen molar-refractivity contribution in [3.8, 4) is 0 Å². The molecule has 0 unspecified atom stereocenters. The highest BCUT2D eigenvalue weighted by Gasteiger charge is 2.15. The molecular weight excluding hydrogens is 267 g/mol. The van der Waals surface area contributed by atoms with E-state index in [1.165, 1.54) is 17.4 Å². The number of thiazole rings is 1. The van der Waals surface area contributed by atoms with Gasteiger partial charge in [0.2, 0.25) is 0 Å². The number of nitrogens with zero attached hydrogens (tertiary/aromatic N) is 2. The molecule has 1 amide bonds. The molecule has 0 radical (unpaired) electrons. The molecule has 2 aromatic rings. The Bertz CT molecular complexity index is 600. The second-order valence-electron chi connectivity index (χ2n) is 4.09. The lowest BCUT2D eigenvalue weighted by Crippen LogP contribution is -2.20. The number of benzene rings is 1. The fraction of sp³-hybridized carbons (Fsp3) is 0.167. The van der Waals surface area contributed by atoms with Crippen molar-refractivity contribution in [1.82, 2.24) is 4.98 Å². The molecule has 1 heterocycles. The average molecular weight is 280 g/mol. The summed E-state index contributed by atoms with van der Waals surface area (Å²) in [4.78, 5) is 17.0. The lowest BCUT2D eigenvalue weighted by molar-refractivity contribution is 0.100. The summed E-state index contributed by atoms with van der Waals surface area (Å²) in [5, 5.41) is 1.88. The second kappa shape index (κ2) is 5.23. The fourth-order valence-corrected chi connectivity index (χ4v) is 2.28. The lowest BCUT2D eigenvalue weighted by atomic mass is 10.1. The SMILES string of the molecule is CN(Cc1cscn1)c1cc(C(N)=O)c(N)cc1F. The molecule has 0 fully saturated rings. The molecule has 7 heteroatoms. The van der Waals surface area contributed by atoms with Crippen molar-refractivity contribution in [1.29, 1.82) is 0 Å². The van der Waals surface area contributed by atoms with Crippen molar-refractivity contribution in [2.24, 2.45) is 5.73 Å². The molecule has 1 aromatic heterocycles. The zero-order valence-electron chi connectivity index (χ0n) is 10.3. The number of carbonyl (C=O) groups is 1. The molecule has 0 aliphatic heterocycles. The summed E-state index contributed by atoms with van der Waals surface area (Å²) in [5.74, 6) is -1.18. The van der Waals surface area contributed by atoms with Crippen LogP contribution in [0.2, 0.25) is 0 Å². The van der Waals surface area contributed by atoms with Gasteiger partial charge in [-0.05, 0) is 12.1 Å². The van der Waals surface area contributed by atoms with Crippen LogP contribution in [0.25, 0.3) is 0 Å². The van der Waals surface area contributed by atoms with Gasteiger partial charge in [0.25, 0.3) is 5.91 Å². The minimum absolute atomic E-state index is 0.0378. The van der Waals surface area contributed by atoms with Crippen LogP contribution in [0.1, 0.15) is 16.1 Å². The molecule has 2 rings (SSSR count). The first-order valence-corrected chi connectivity index (χ1v) is 6.40. The highest BCUT2D eigenvalue weighted by molar-refractivity contribution is 7.07. The Morgan fingerprint density at radius 3 is 2.84 bits per heavy atom. The van der Waals surface area contributed by atoms with Gasteiger partial charge in [-0.15, -0.1) is 11.3 Å². The molecule has 0 saturated heterocycles. The van der Waals surface area contributed by atoms with Crippen molar-refractivity contribution in [2.75, 3.05) is 17.7 Å². The normalized spacial score (nSPS) is 10.4. The number of nitrogen functional groups attached to an aromatic ring is 1. The molecule has 0 aliphatic carbocycles. The van der Waals surface area contributed by atoms with Gasteiger partial charge in [-0.3, -0.25) is 4.79 Å². The van der Waals surface area contributed by atoms with Crippen molar-refractivity contribution >= 4 is 28.6 Å². The summed E-state index contributed by atoms with van der Waals surface area (Å²) >= 11 is 1.47. The third-order valence-electron chi connectivity index (χ3n) is 2.68. The number of primary amides is 1. The van der Waals surface area contributed by atoms with Crippen molar-refractivity contribution < 1.29 is 9.18 Å². The van der Waals surface area contributed by atoms with Crippen molar-refractivity contribution in [3.63, 3.8) is 0 Å². The smallest absolute Gasteiger partial charge is 0.250 e. The largest absolute Gasteiger partial charge is 0.398 e. The van der Waals surface area contributed by atoms with E-state index in [9.17, 15) is 9.18 Å². The zero-order valence-corrected chi connectivity index (χ0v) is 11.1. The fourth-order valence-electron chi connectivity index (χ4n) is 1.73. The molecule has 19 heavy (non-hydrogen) atoms. The van der Waals surface area contributed by atoms with E-state index in [1.54, 1.807) is 17.5 Å². The van der Waals surface area contributed by atoms with E-state index in [2.05, 4.69) is 4.98 Å². The van der Waals surface area contributed by atoms with Gasteiger partial charge in [0.1, 0.15) is 5.82 Å². The Labute approximate surface area is 113 Å². The Hall–Kier alpha value is -2.15. The molecular formula is C12H13FN4OS. The van der Waals surface area contributed by atoms with Gasteiger partial charge in [-0.25, -0.2) is 9.37 Å². The highest BCUT2D eigenvalue weighted by atomic mass is 32.1. The van der Waals surface area contributed by atoms with Crippen LogP contribution in [0.3, 0.4) is 0 Å². The molecule has 0 bridgehead atoms. The van der Waals surface area contributed by atoms with Crippen LogP contribution in [0.4, 0.5) is 15.8 Å². The Kier molecular flexibility index (Phi) is 3.66. The molecule has 0 spiro atoms. The Morgan fingerprint density at radius 1 is 1.53 bits per heavy atom. The molecule has 5 nitrogen and oxygen atoms in total. The maximum Gasteiger partial charge on any atom is 0.250 e. The number of rotatable bonds is 4. The van der Waals surface area contributed by atoms with Gasteiger partial charge in [0.15, 0.2) is 0 Å². The highest BCUT2D eigenvalue weighted by Crippen LogP contribution is 2.25. The van der Waals surface area contributed by atoms with Crippen LogP contribution >= 0.6 is 11.3 Å². The van der Waals surface area contributed by atoms with E-state index < -0.39 is 11.7 Å². The number of anilines is 2. The topological polar surface area (TPSA) is 85.2 Å². The van der Waals surface area contributed by atoms with Crippen molar-refractivity contribution in [2.45, 2.75) is 6.54 Å². The van der Waals surface area contributed by atoms with Gasteiger partial charge >= 0.3 is 0 Å². The average Bonchev–Trinajstić information content (AvgIpc) is 2.81. The zero-order chi connectivity index (χ0) is 14.0. The van der Waals surface area contributed by atoms with E-state index in [1.807, 2.05) is 5.38 Å². The van der Waals surface area contributed by atoms with Gasteiger partial charge in [0.05, 0.1) is 29.0 Å². The summed E-state index contributed by atoms with van der Waals surface area (Å²) in [6.07, 6.45) is 0. The number of carbonyl (C=O) groups excluding carboxylic acids is 1. The lowest BCUT2D eigenvalue weighted by Gasteiger charge is -2.20. The number of halogens is 1. The molecule has 0 aliphatic rings. The molecule has 4 N–H and O–H groups in total. The van der Waals surface area contributed by atoms with Gasteiger partial charge in [-0.2, -0.15) is 0 Å². The van der Waals surface area contributed by atoms with Gasteiger partial charge in [-0.1, -0.05) is 0 Å². The van der Waals surface area contributed by atoms with Crippen LogP contribution < -0.4 is 16.4 Å². The minimum atomic E-state index is -0.680. The van der Waals surface area contributed by atoms with Crippen LogP contribution in [0, 0.1) is 5.82 Å². The van der Waals surface area contributed by atoms with E-state index in [4.69, 9.17) is 11.5 Å². The number of hydrogen-bond acceptors (Lipinski definition) is 5. The predicted molar refractivity (Wildman–Crippen MR) is 73.6 cm³/mol. The minimum Gasteiger partial charge on any atom is -0.398 e. The number of nitrogens with two attached hydrogens (primary N) is 2. The second-order valence-corrected chi connectivity index (χ2v) is 4.81. The molecule has 100 valence electrons. The van der Waals surface area contributed by atoms with Crippen LogP contribution in [-0.4, -0.2) is 17.9 Å². The van der Waals surface area contributed by atoms with Gasteiger partial charge in [0, 0.05) is 18.1 Å². The summed E-state index contributed by atoms with van der Waals surface area (Å²) in [6, 6.07) is 2.46. The van der Waals surface area contributed by atoms with Crippen LogP contribution in [-0.2, 0) is 6.54 Å². The predicted octanol–water partition coefficient (Wildman–Crippen LogP) is 1.60. The first kappa shape index (κ1) is 13.3. The molecule has 0 saturated carbocycles. The summed E-state index contributed by atoms with van der Waals surface area (Å²) in [6.45, 7) is 0.433. The molecule has 1 aromatic carbocycles. The first-order valence-electron chi connectivity index (χ1n) is 5.46.